The van der Waals surface area contributed by atoms with Gasteiger partial charge in [0.25, 0.3) is 0 Å². The molecule has 3 rings (SSSR count). The van der Waals surface area contributed by atoms with E-state index in [1.54, 1.807) is 24.3 Å². The molecule has 6 nitrogen and oxygen atoms in total. The molecule has 2 unspecified atom stereocenters. The molecule has 1 fully saturated rings. The van der Waals surface area contributed by atoms with Crippen molar-refractivity contribution in [3.63, 3.8) is 0 Å². The van der Waals surface area contributed by atoms with Crippen molar-refractivity contribution in [3.05, 3.63) is 53.1 Å². The number of halogens is 2. The van der Waals surface area contributed by atoms with Crippen LogP contribution in [0.3, 0.4) is 0 Å². The molecule has 0 spiro atoms. The van der Waals surface area contributed by atoms with Gasteiger partial charge in [0.2, 0.25) is 6.35 Å². The fourth-order valence-electron chi connectivity index (χ4n) is 3.59. The van der Waals surface area contributed by atoms with Gasteiger partial charge in [-0.2, -0.15) is 13.1 Å². The number of aliphatic hydroxyl groups excluding tert-OH is 1. The van der Waals surface area contributed by atoms with Gasteiger partial charge in [-0.25, -0.2) is 4.21 Å². The van der Waals surface area contributed by atoms with Gasteiger partial charge < -0.3 is 20.1 Å². The topological polar surface area (TPSA) is 74.2 Å². The zero-order valence-electron chi connectivity index (χ0n) is 18.8. The molecular formula is C23H31F2N3O3S. The first kappa shape index (κ1) is 24.4. The number of thiol groups is 1. The molecule has 0 aromatic heterocycles. The van der Waals surface area contributed by atoms with Gasteiger partial charge in [0.1, 0.15) is 5.75 Å². The first-order valence-corrected chi connectivity index (χ1v) is 11.8. The molecule has 0 aliphatic heterocycles. The van der Waals surface area contributed by atoms with E-state index in [-0.39, 0.29) is 17.6 Å². The van der Waals surface area contributed by atoms with Crippen LogP contribution in [0.5, 0.6) is 5.75 Å². The highest BCUT2D eigenvalue weighted by atomic mass is 32.2. The zero-order valence-corrected chi connectivity index (χ0v) is 19.7. The summed E-state index contributed by atoms with van der Waals surface area (Å²) in [4.78, 5) is 2.56. The third kappa shape index (κ3) is 6.63. The van der Waals surface area contributed by atoms with E-state index in [0.717, 1.165) is 36.1 Å². The maximum atomic E-state index is 12.8. The average molecular weight is 468 g/mol. The number of alkyl halides is 2. The Balaban J connectivity index is 1.84. The lowest BCUT2D eigenvalue weighted by atomic mass is 9.95. The van der Waals surface area contributed by atoms with Crippen LogP contribution in [0.2, 0.25) is 0 Å². The van der Waals surface area contributed by atoms with Crippen molar-refractivity contribution < 1.29 is 22.8 Å². The molecule has 2 aromatic rings. The Labute approximate surface area is 189 Å². The third-order valence-corrected chi connectivity index (χ3v) is 6.35. The number of hydrogen-bond acceptors (Lipinski definition) is 6. The molecule has 1 aliphatic rings. The molecule has 0 radical (unpaired) electrons. The van der Waals surface area contributed by atoms with Crippen molar-refractivity contribution in [2.75, 3.05) is 19.4 Å². The van der Waals surface area contributed by atoms with Gasteiger partial charge in [0.05, 0.1) is 10.6 Å². The van der Waals surface area contributed by atoms with Crippen LogP contribution in [0.4, 0.5) is 14.5 Å². The number of nitrogens with one attached hydrogen (secondary N) is 1. The molecule has 1 saturated carbocycles. The first-order valence-electron chi connectivity index (χ1n) is 10.6. The number of rotatable bonds is 10. The molecule has 9 heteroatoms. The number of hydrogen-bond donors (Lipinski definition) is 3. The standard InChI is InChI=1S/C23H31F2N3O3S/c1-14(2)19-11-17(31-22(24)25)12-20(16-7-8-16)21(19)26-23(29)27-32(30)18-9-5-15(6-10-18)13-28(3)4/h5-6,9-12,14,16,22-23,26,29,32H,7-8,13H2,1-4H3. The number of nitrogens with zero attached hydrogens (tertiary/aromatic N) is 2. The summed E-state index contributed by atoms with van der Waals surface area (Å²) < 4.78 is 46.9. The minimum atomic E-state index is -2.91. The van der Waals surface area contributed by atoms with Gasteiger partial charge in [0, 0.05) is 17.1 Å². The van der Waals surface area contributed by atoms with Gasteiger partial charge in [-0.05, 0) is 79.7 Å². The minimum absolute atomic E-state index is 0.0126. The Morgan fingerprint density at radius 3 is 2.41 bits per heavy atom. The van der Waals surface area contributed by atoms with E-state index in [4.69, 9.17) is 0 Å². The summed E-state index contributed by atoms with van der Waals surface area (Å²) in [5, 5.41) is 13.5. The second kappa shape index (κ2) is 10.6. The molecule has 0 heterocycles. The molecule has 176 valence electrons. The SMILES string of the molecule is CC(C)c1cc(OC(F)F)cc(C2CC2)c1NC(O)/N=[SH](=O)/c1ccc(CN(C)C)cc1. The van der Waals surface area contributed by atoms with Gasteiger partial charge in [-0.15, -0.1) is 0 Å². The fraction of sp³-hybridized carbons (Fsp3) is 0.478. The lowest BCUT2D eigenvalue weighted by Gasteiger charge is -2.22. The summed E-state index contributed by atoms with van der Waals surface area (Å²) >= 11 is 0. The molecule has 32 heavy (non-hydrogen) atoms. The van der Waals surface area contributed by atoms with E-state index in [0.29, 0.717) is 10.6 Å². The van der Waals surface area contributed by atoms with Crippen LogP contribution in [0, 0.1) is 0 Å². The predicted molar refractivity (Wildman–Crippen MR) is 123 cm³/mol. The van der Waals surface area contributed by atoms with Crippen LogP contribution < -0.4 is 10.1 Å². The van der Waals surface area contributed by atoms with Crippen molar-refractivity contribution in [3.8, 4) is 5.75 Å². The average Bonchev–Trinajstić information content (AvgIpc) is 3.53. The van der Waals surface area contributed by atoms with E-state index in [2.05, 4.69) is 14.4 Å². The van der Waals surface area contributed by atoms with E-state index in [1.807, 2.05) is 45.0 Å². The summed E-state index contributed by atoms with van der Waals surface area (Å²) in [6.45, 7) is 1.73. The predicted octanol–water partition coefficient (Wildman–Crippen LogP) is 4.76. The van der Waals surface area contributed by atoms with Gasteiger partial charge in [0.15, 0.2) is 0 Å². The molecule has 2 aromatic carbocycles. The summed E-state index contributed by atoms with van der Waals surface area (Å²) in [5.41, 5.74) is 3.28. The smallest absolute Gasteiger partial charge is 0.387 e. The summed E-state index contributed by atoms with van der Waals surface area (Å²) in [6.07, 6.45) is 0.466. The van der Waals surface area contributed by atoms with Crippen molar-refractivity contribution in [2.45, 2.75) is 62.9 Å². The van der Waals surface area contributed by atoms with Gasteiger partial charge in [-0.1, -0.05) is 26.0 Å². The van der Waals surface area contributed by atoms with Gasteiger partial charge >= 0.3 is 6.61 Å². The van der Waals surface area contributed by atoms with E-state index >= 15 is 0 Å². The van der Waals surface area contributed by atoms with Crippen molar-refractivity contribution in [2.24, 2.45) is 4.36 Å². The quantitative estimate of drug-likeness (QED) is 0.347. The molecule has 2 N–H and O–H groups in total. The molecule has 1 aliphatic carbocycles. The highest BCUT2D eigenvalue weighted by Gasteiger charge is 2.30. The van der Waals surface area contributed by atoms with Crippen molar-refractivity contribution >= 4 is 16.3 Å². The Morgan fingerprint density at radius 2 is 1.88 bits per heavy atom. The van der Waals surface area contributed by atoms with Gasteiger partial charge in [-0.3, -0.25) is 0 Å². The van der Waals surface area contributed by atoms with Crippen LogP contribution in [0.25, 0.3) is 0 Å². The third-order valence-electron chi connectivity index (χ3n) is 5.18. The molecular weight excluding hydrogens is 436 g/mol. The van der Waals surface area contributed by atoms with Crippen molar-refractivity contribution in [1.29, 1.82) is 0 Å². The maximum Gasteiger partial charge on any atom is 0.387 e. The summed E-state index contributed by atoms with van der Waals surface area (Å²) in [5.74, 6) is 0.300. The Hall–Kier alpha value is -2.23. The van der Waals surface area contributed by atoms with Crippen LogP contribution in [-0.2, 0) is 17.1 Å². The lowest BCUT2D eigenvalue weighted by Crippen LogP contribution is -2.19. The van der Waals surface area contributed by atoms with E-state index < -0.39 is 23.6 Å². The van der Waals surface area contributed by atoms with Crippen LogP contribution in [0.15, 0.2) is 45.7 Å². The highest BCUT2D eigenvalue weighted by molar-refractivity contribution is 7.75. The first-order chi connectivity index (χ1) is 15.1. The summed E-state index contributed by atoms with van der Waals surface area (Å²) in [7, 11) is 1.77. The molecule has 2 atom stereocenters. The van der Waals surface area contributed by atoms with E-state index in [9.17, 15) is 18.1 Å². The number of aliphatic hydroxyl groups is 1. The van der Waals surface area contributed by atoms with Crippen LogP contribution in [-0.4, -0.2) is 41.3 Å². The molecule has 0 amide bonds. The van der Waals surface area contributed by atoms with Crippen LogP contribution >= 0.6 is 0 Å². The molecule has 0 saturated heterocycles. The van der Waals surface area contributed by atoms with Crippen LogP contribution in [0.1, 0.15) is 55.2 Å². The zero-order chi connectivity index (χ0) is 23.4. The highest BCUT2D eigenvalue weighted by Crippen LogP contribution is 2.47. The second-order valence-corrected chi connectivity index (χ2v) is 9.89. The largest absolute Gasteiger partial charge is 0.435 e. The normalized spacial score (nSPS) is 16.1. The number of ether oxygens (including phenoxy) is 1. The fourth-order valence-corrected chi connectivity index (χ4v) is 4.38. The molecule has 0 bridgehead atoms. The Bertz CT molecular complexity index is 979. The lowest BCUT2D eigenvalue weighted by molar-refractivity contribution is -0.0499. The van der Waals surface area contributed by atoms with Crippen molar-refractivity contribution in [1.82, 2.24) is 4.90 Å². The Morgan fingerprint density at radius 1 is 1.22 bits per heavy atom. The maximum absolute atomic E-state index is 12.8. The second-order valence-electron chi connectivity index (χ2n) is 8.59. The summed E-state index contributed by atoms with van der Waals surface area (Å²) in [6, 6.07) is 10.4. The number of benzene rings is 2. The Kier molecular flexibility index (Phi) is 8.08. The monoisotopic (exact) mass is 467 g/mol. The minimum Gasteiger partial charge on any atom is -0.435 e. The van der Waals surface area contributed by atoms with E-state index in [1.165, 1.54) is 0 Å². The number of anilines is 1.